The van der Waals surface area contributed by atoms with Crippen molar-refractivity contribution in [3.05, 3.63) is 17.8 Å². The number of rotatable bonds is 6. The van der Waals surface area contributed by atoms with E-state index in [1.165, 1.54) is 6.07 Å². The Balaban J connectivity index is 2.75. The largest absolute Gasteiger partial charge is 0.477 e. The maximum absolute atomic E-state index is 10.8. The lowest BCUT2D eigenvalue weighted by Gasteiger charge is -2.15. The van der Waals surface area contributed by atoms with Gasteiger partial charge in [0, 0.05) is 6.04 Å². The van der Waals surface area contributed by atoms with Crippen molar-refractivity contribution in [2.24, 2.45) is 0 Å². The first-order valence-corrected chi connectivity index (χ1v) is 6.69. The van der Waals surface area contributed by atoms with Crippen LogP contribution in [0.15, 0.2) is 12.1 Å². The van der Waals surface area contributed by atoms with Crippen molar-refractivity contribution in [1.82, 2.24) is 4.98 Å². The zero-order valence-electron chi connectivity index (χ0n) is 9.93. The van der Waals surface area contributed by atoms with Crippen molar-refractivity contribution in [3.8, 4) is 0 Å². The minimum absolute atomic E-state index is 0.00114. The maximum atomic E-state index is 10.8. The molecule has 1 rings (SSSR count). The molecule has 0 amide bonds. The molecule has 1 unspecified atom stereocenters. The lowest BCUT2D eigenvalue weighted by Crippen LogP contribution is -2.18. The summed E-state index contributed by atoms with van der Waals surface area (Å²) in [6.45, 7) is 2.02. The summed E-state index contributed by atoms with van der Waals surface area (Å²) in [6.07, 6.45) is 3.02. The van der Waals surface area contributed by atoms with Gasteiger partial charge >= 0.3 is 5.97 Å². The van der Waals surface area contributed by atoms with Crippen LogP contribution in [0.3, 0.4) is 0 Å². The number of pyridine rings is 1. The molecule has 0 spiro atoms. The van der Waals surface area contributed by atoms with Gasteiger partial charge in [0.15, 0.2) is 5.69 Å². The van der Waals surface area contributed by atoms with Gasteiger partial charge in [-0.3, -0.25) is 0 Å². The molecule has 94 valence electrons. The number of anilines is 2. The van der Waals surface area contributed by atoms with Crippen LogP contribution in [0.25, 0.3) is 0 Å². The molecule has 1 heterocycles. The molecule has 0 aliphatic carbocycles. The van der Waals surface area contributed by atoms with Gasteiger partial charge in [0.2, 0.25) is 0 Å². The van der Waals surface area contributed by atoms with Gasteiger partial charge in [-0.25, -0.2) is 9.78 Å². The van der Waals surface area contributed by atoms with Crippen molar-refractivity contribution in [2.45, 2.75) is 19.4 Å². The molecule has 0 saturated heterocycles. The number of nitrogens with one attached hydrogen (secondary N) is 1. The van der Waals surface area contributed by atoms with E-state index in [1.54, 1.807) is 17.8 Å². The number of aromatic nitrogens is 1. The zero-order valence-corrected chi connectivity index (χ0v) is 10.8. The van der Waals surface area contributed by atoms with Crippen LogP contribution < -0.4 is 11.1 Å². The molecule has 0 aromatic carbocycles. The third-order valence-corrected chi connectivity index (χ3v) is 2.93. The first-order chi connectivity index (χ1) is 8.04. The van der Waals surface area contributed by atoms with Gasteiger partial charge in [-0.2, -0.15) is 11.8 Å². The Bertz CT molecular complexity index is 398. The zero-order chi connectivity index (χ0) is 12.8. The van der Waals surface area contributed by atoms with Gasteiger partial charge in [-0.05, 0) is 37.5 Å². The fourth-order valence-electron chi connectivity index (χ4n) is 1.30. The summed E-state index contributed by atoms with van der Waals surface area (Å²) in [5.41, 5.74) is 6.21. The number of carboxylic acid groups (broad SMARTS) is 1. The van der Waals surface area contributed by atoms with E-state index in [1.807, 2.05) is 13.2 Å². The van der Waals surface area contributed by atoms with Gasteiger partial charge in [-0.1, -0.05) is 0 Å². The normalized spacial score (nSPS) is 12.1. The van der Waals surface area contributed by atoms with Gasteiger partial charge in [-0.15, -0.1) is 0 Å². The summed E-state index contributed by atoms with van der Waals surface area (Å²) >= 11 is 1.77. The summed E-state index contributed by atoms with van der Waals surface area (Å²) < 4.78 is 0. The number of nitrogen functional groups attached to an aromatic ring is 1. The van der Waals surface area contributed by atoms with E-state index in [4.69, 9.17) is 10.8 Å². The molecule has 6 heteroatoms. The number of thioether (sulfide) groups is 1. The lowest BCUT2D eigenvalue weighted by molar-refractivity contribution is 0.0690. The van der Waals surface area contributed by atoms with Crippen LogP contribution in [-0.4, -0.2) is 34.1 Å². The predicted octanol–water partition coefficient (Wildman–Crippen LogP) is 1.92. The fourth-order valence-corrected chi connectivity index (χ4v) is 1.89. The number of aromatic carboxylic acids is 1. The molecule has 1 aromatic rings. The number of nitrogens with two attached hydrogens (primary N) is 1. The second-order valence-corrected chi connectivity index (χ2v) is 4.75. The smallest absolute Gasteiger partial charge is 0.354 e. The predicted molar refractivity (Wildman–Crippen MR) is 71.7 cm³/mol. The van der Waals surface area contributed by atoms with E-state index in [0.717, 1.165) is 12.2 Å². The molecule has 5 nitrogen and oxygen atoms in total. The van der Waals surface area contributed by atoms with Crippen molar-refractivity contribution in [3.63, 3.8) is 0 Å². The second kappa shape index (κ2) is 6.34. The third kappa shape index (κ3) is 4.14. The Morgan fingerprint density at radius 2 is 2.35 bits per heavy atom. The van der Waals surface area contributed by atoms with Crippen molar-refractivity contribution >= 4 is 29.2 Å². The second-order valence-electron chi connectivity index (χ2n) is 3.77. The Morgan fingerprint density at radius 3 is 2.94 bits per heavy atom. The average molecular weight is 255 g/mol. The van der Waals surface area contributed by atoms with Crippen LogP contribution in [0.4, 0.5) is 11.5 Å². The van der Waals surface area contributed by atoms with E-state index in [0.29, 0.717) is 11.5 Å². The van der Waals surface area contributed by atoms with Gasteiger partial charge in [0.25, 0.3) is 0 Å². The highest BCUT2D eigenvalue weighted by atomic mass is 32.2. The molecule has 1 atom stereocenters. The van der Waals surface area contributed by atoms with Crippen molar-refractivity contribution in [1.29, 1.82) is 0 Å². The van der Waals surface area contributed by atoms with Crippen molar-refractivity contribution < 1.29 is 9.90 Å². The van der Waals surface area contributed by atoms with Crippen molar-refractivity contribution in [2.75, 3.05) is 23.1 Å². The molecule has 0 fully saturated rings. The Kier molecular flexibility index (Phi) is 5.09. The summed E-state index contributed by atoms with van der Waals surface area (Å²) in [5.74, 6) is 0.426. The molecule has 0 aliphatic rings. The minimum Gasteiger partial charge on any atom is -0.477 e. The van der Waals surface area contributed by atoms with Crippen LogP contribution in [0.1, 0.15) is 23.8 Å². The van der Waals surface area contributed by atoms with E-state index in [9.17, 15) is 4.79 Å². The van der Waals surface area contributed by atoms with Gasteiger partial charge in [0.05, 0.1) is 5.69 Å². The number of hydrogen-bond acceptors (Lipinski definition) is 5. The summed E-state index contributed by atoms with van der Waals surface area (Å²) in [7, 11) is 0. The molecule has 0 radical (unpaired) electrons. The Hall–Kier alpha value is -1.43. The molecule has 0 bridgehead atoms. The first kappa shape index (κ1) is 13.6. The number of carboxylic acids is 1. The average Bonchev–Trinajstić information content (AvgIpc) is 2.29. The first-order valence-electron chi connectivity index (χ1n) is 5.30. The van der Waals surface area contributed by atoms with Crippen LogP contribution in [0, 0.1) is 0 Å². The molecule has 0 aliphatic heterocycles. The van der Waals surface area contributed by atoms with Crippen LogP contribution in [0.5, 0.6) is 0 Å². The van der Waals surface area contributed by atoms with Crippen LogP contribution in [-0.2, 0) is 0 Å². The number of nitrogens with zero attached hydrogens (tertiary/aromatic N) is 1. The van der Waals surface area contributed by atoms with E-state index in [2.05, 4.69) is 10.3 Å². The SMILES string of the molecule is CSCCC(C)Nc1nc(C(=O)O)ccc1N. The maximum Gasteiger partial charge on any atom is 0.354 e. The topological polar surface area (TPSA) is 88.2 Å². The fraction of sp³-hybridized carbons (Fsp3) is 0.455. The molecular formula is C11H17N3O2S. The van der Waals surface area contributed by atoms with E-state index >= 15 is 0 Å². The molecule has 0 saturated carbocycles. The highest BCUT2D eigenvalue weighted by molar-refractivity contribution is 7.98. The van der Waals surface area contributed by atoms with E-state index < -0.39 is 5.97 Å². The Morgan fingerprint density at radius 1 is 1.65 bits per heavy atom. The molecule has 1 aromatic heterocycles. The minimum atomic E-state index is -1.05. The van der Waals surface area contributed by atoms with Crippen LogP contribution >= 0.6 is 11.8 Å². The summed E-state index contributed by atoms with van der Waals surface area (Å²) in [4.78, 5) is 14.8. The highest BCUT2D eigenvalue weighted by Gasteiger charge is 2.10. The molecular weight excluding hydrogens is 238 g/mol. The molecule has 17 heavy (non-hydrogen) atoms. The summed E-state index contributed by atoms with van der Waals surface area (Å²) in [6, 6.07) is 3.16. The standard InChI is InChI=1S/C11H17N3O2S/c1-7(5-6-17-2)13-10-8(12)3-4-9(14-10)11(15)16/h3-4,7H,5-6,12H2,1-2H3,(H,13,14)(H,15,16). The lowest BCUT2D eigenvalue weighted by atomic mass is 10.2. The third-order valence-electron chi connectivity index (χ3n) is 2.28. The number of hydrogen-bond donors (Lipinski definition) is 3. The Labute approximate surface area is 105 Å². The van der Waals surface area contributed by atoms with Gasteiger partial charge in [0.1, 0.15) is 5.82 Å². The van der Waals surface area contributed by atoms with Gasteiger partial charge < -0.3 is 16.2 Å². The highest BCUT2D eigenvalue weighted by Crippen LogP contribution is 2.17. The molecule has 4 N–H and O–H groups in total. The number of carbonyl (C=O) groups is 1. The van der Waals surface area contributed by atoms with Crippen LogP contribution in [0.2, 0.25) is 0 Å². The quantitative estimate of drug-likeness (QED) is 0.719. The monoisotopic (exact) mass is 255 g/mol. The van der Waals surface area contributed by atoms with E-state index in [-0.39, 0.29) is 11.7 Å². The summed E-state index contributed by atoms with van der Waals surface area (Å²) in [5, 5.41) is 12.0.